The van der Waals surface area contributed by atoms with Crippen molar-refractivity contribution >= 4 is 40.0 Å². The van der Waals surface area contributed by atoms with Crippen molar-refractivity contribution in [3.63, 3.8) is 0 Å². The molecule has 1 atom stereocenters. The monoisotopic (exact) mass is 347 g/mol. The van der Waals surface area contributed by atoms with Gasteiger partial charge in [-0.1, -0.05) is 23.2 Å². The summed E-state index contributed by atoms with van der Waals surface area (Å²) in [6.45, 7) is 0.0185. The largest absolute Gasteiger partial charge is 0.349 e. The number of hydrogen-bond donors (Lipinski definition) is 2. The van der Waals surface area contributed by atoms with Crippen LogP contribution in [0.4, 0.5) is 8.78 Å². The first-order valence-electron chi connectivity index (χ1n) is 6.70. The highest BCUT2D eigenvalue weighted by atomic mass is 35.5. The molecule has 1 amide bonds. The Bertz CT molecular complexity index is 764. The number of nitrogens with two attached hydrogens (primary N) is 1. The van der Waals surface area contributed by atoms with Crippen LogP contribution >= 0.6 is 23.2 Å². The summed E-state index contributed by atoms with van der Waals surface area (Å²) in [6, 6.07) is 2.63. The molecule has 0 spiro atoms. The Morgan fingerprint density at radius 2 is 2.14 bits per heavy atom. The van der Waals surface area contributed by atoms with Crippen molar-refractivity contribution in [2.24, 2.45) is 5.73 Å². The molecule has 1 saturated heterocycles. The van der Waals surface area contributed by atoms with Gasteiger partial charge < -0.3 is 15.6 Å². The zero-order valence-corrected chi connectivity index (χ0v) is 12.9. The minimum atomic E-state index is -1.57. The molecule has 1 aliphatic heterocycles. The third kappa shape index (κ3) is 2.35. The number of likely N-dealkylation sites (tertiary alicyclic amines) is 1. The second-order valence-corrected chi connectivity index (χ2v) is 6.19. The Morgan fingerprint density at radius 3 is 2.77 bits per heavy atom. The maximum Gasteiger partial charge on any atom is 0.271 e. The Kier molecular flexibility index (Phi) is 3.79. The van der Waals surface area contributed by atoms with Crippen molar-refractivity contribution in [3.05, 3.63) is 33.7 Å². The van der Waals surface area contributed by atoms with Gasteiger partial charge >= 0.3 is 0 Å². The molecule has 1 fully saturated rings. The predicted molar refractivity (Wildman–Crippen MR) is 81.7 cm³/mol. The molecule has 0 saturated carbocycles. The number of H-pyrrole nitrogens is 1. The van der Waals surface area contributed by atoms with Crippen molar-refractivity contribution in [1.82, 2.24) is 9.88 Å². The second-order valence-electron chi connectivity index (χ2n) is 5.43. The summed E-state index contributed by atoms with van der Waals surface area (Å²) in [5.41, 5.74) is 4.34. The predicted octanol–water partition coefficient (Wildman–Crippen LogP) is 3.13. The molecular formula is C14H13Cl2F2N3O. The quantitative estimate of drug-likeness (QED) is 0.876. The second kappa shape index (κ2) is 5.37. The van der Waals surface area contributed by atoms with Gasteiger partial charge in [0.05, 0.1) is 16.6 Å². The first-order chi connectivity index (χ1) is 10.4. The standard InChI is InChI=1S/C14H13Cl2F2N3O/c15-10-7(17)1-2-8-9(10)11(16)12(20-8)13(22)21-4-3-14(18,5-19)6-21/h1-2,20H,3-6,19H2/t14-/m1/s1. The molecule has 0 bridgehead atoms. The van der Waals surface area contributed by atoms with Crippen LogP contribution < -0.4 is 5.73 Å². The average molecular weight is 348 g/mol. The maximum atomic E-state index is 14.2. The highest BCUT2D eigenvalue weighted by Crippen LogP contribution is 2.36. The first kappa shape index (κ1) is 15.5. The number of nitrogens with one attached hydrogen (secondary N) is 1. The van der Waals surface area contributed by atoms with E-state index in [9.17, 15) is 13.6 Å². The van der Waals surface area contributed by atoms with Crippen LogP contribution in [0.5, 0.6) is 0 Å². The lowest BCUT2D eigenvalue weighted by atomic mass is 10.1. The molecule has 22 heavy (non-hydrogen) atoms. The van der Waals surface area contributed by atoms with E-state index in [1.165, 1.54) is 17.0 Å². The number of carbonyl (C=O) groups excluding carboxylic acids is 1. The average Bonchev–Trinajstić information content (AvgIpc) is 3.05. The van der Waals surface area contributed by atoms with Gasteiger partial charge in [-0.3, -0.25) is 4.79 Å². The lowest BCUT2D eigenvalue weighted by Crippen LogP contribution is -2.38. The fourth-order valence-electron chi connectivity index (χ4n) is 2.66. The molecule has 0 radical (unpaired) electrons. The smallest absolute Gasteiger partial charge is 0.271 e. The maximum absolute atomic E-state index is 14.2. The molecule has 0 unspecified atom stereocenters. The third-order valence-electron chi connectivity index (χ3n) is 3.96. The zero-order valence-electron chi connectivity index (χ0n) is 11.4. The Labute approximate surface area is 135 Å². The molecule has 1 aromatic heterocycles. The topological polar surface area (TPSA) is 62.1 Å². The lowest BCUT2D eigenvalue weighted by molar-refractivity contribution is 0.0752. The van der Waals surface area contributed by atoms with Gasteiger partial charge in [-0.2, -0.15) is 0 Å². The van der Waals surface area contributed by atoms with Gasteiger partial charge in [-0.25, -0.2) is 8.78 Å². The Balaban J connectivity index is 1.99. The number of hydrogen-bond acceptors (Lipinski definition) is 2. The molecule has 1 aliphatic rings. The fourth-order valence-corrected chi connectivity index (χ4v) is 3.30. The number of aromatic nitrogens is 1. The highest BCUT2D eigenvalue weighted by Gasteiger charge is 2.40. The number of rotatable bonds is 2. The number of nitrogens with zero attached hydrogens (tertiary/aromatic N) is 1. The van der Waals surface area contributed by atoms with Crippen LogP contribution in [-0.2, 0) is 0 Å². The van der Waals surface area contributed by atoms with Gasteiger partial charge in [-0.05, 0) is 12.1 Å². The molecule has 4 nitrogen and oxygen atoms in total. The van der Waals surface area contributed by atoms with Gasteiger partial charge in [-0.15, -0.1) is 0 Å². The minimum absolute atomic E-state index is 0.0357. The number of alkyl halides is 1. The summed E-state index contributed by atoms with van der Waals surface area (Å²) in [5, 5.41) is 0.130. The zero-order chi connectivity index (χ0) is 16.1. The molecule has 1 aromatic carbocycles. The molecular weight excluding hydrogens is 335 g/mol. The summed E-state index contributed by atoms with van der Waals surface area (Å²) in [4.78, 5) is 16.7. The normalized spacial score (nSPS) is 21.8. The summed E-state index contributed by atoms with van der Waals surface area (Å²) < 4.78 is 27.7. The highest BCUT2D eigenvalue weighted by molar-refractivity contribution is 6.44. The van der Waals surface area contributed by atoms with Gasteiger partial charge in [0.1, 0.15) is 17.2 Å². The molecule has 8 heteroatoms. The van der Waals surface area contributed by atoms with E-state index in [-0.39, 0.29) is 47.2 Å². The number of aromatic amines is 1. The van der Waals surface area contributed by atoms with Gasteiger partial charge in [0.25, 0.3) is 5.91 Å². The van der Waals surface area contributed by atoms with Crippen LogP contribution in [0, 0.1) is 5.82 Å². The minimum Gasteiger partial charge on any atom is -0.349 e. The van der Waals surface area contributed by atoms with Crippen LogP contribution in [0.1, 0.15) is 16.9 Å². The summed E-state index contributed by atoms with van der Waals surface area (Å²) in [7, 11) is 0. The molecule has 118 valence electrons. The first-order valence-corrected chi connectivity index (χ1v) is 7.45. The van der Waals surface area contributed by atoms with E-state index in [1.807, 2.05) is 0 Å². The molecule has 2 aromatic rings. The van der Waals surface area contributed by atoms with E-state index in [4.69, 9.17) is 28.9 Å². The molecule has 2 heterocycles. The summed E-state index contributed by atoms with van der Waals surface area (Å²) >= 11 is 12.1. The van der Waals surface area contributed by atoms with Crippen LogP contribution in [0.3, 0.4) is 0 Å². The molecule has 3 rings (SSSR count). The van der Waals surface area contributed by atoms with Gasteiger partial charge in [0.15, 0.2) is 0 Å². The van der Waals surface area contributed by atoms with Crippen molar-refractivity contribution in [2.45, 2.75) is 12.1 Å². The third-order valence-corrected chi connectivity index (χ3v) is 4.71. The number of fused-ring (bicyclic) bond motifs is 1. The number of benzene rings is 1. The number of halogens is 4. The molecule has 3 N–H and O–H groups in total. The van der Waals surface area contributed by atoms with E-state index in [0.29, 0.717) is 5.52 Å². The summed E-state index contributed by atoms with van der Waals surface area (Å²) in [5.74, 6) is -1.08. The van der Waals surface area contributed by atoms with Crippen LogP contribution in [0.15, 0.2) is 12.1 Å². The Hall–Kier alpha value is -1.37. The van der Waals surface area contributed by atoms with E-state index >= 15 is 0 Å². The number of carbonyl (C=O) groups is 1. The van der Waals surface area contributed by atoms with Crippen molar-refractivity contribution in [3.8, 4) is 0 Å². The van der Waals surface area contributed by atoms with E-state index in [1.54, 1.807) is 0 Å². The van der Waals surface area contributed by atoms with Crippen LogP contribution in [-0.4, -0.2) is 41.1 Å². The lowest BCUT2D eigenvalue weighted by Gasteiger charge is -2.19. The summed E-state index contributed by atoms with van der Waals surface area (Å²) in [6.07, 6.45) is 0.183. The Morgan fingerprint density at radius 1 is 1.41 bits per heavy atom. The van der Waals surface area contributed by atoms with Crippen LogP contribution in [0.25, 0.3) is 10.9 Å². The van der Waals surface area contributed by atoms with Crippen LogP contribution in [0.2, 0.25) is 10.0 Å². The van der Waals surface area contributed by atoms with E-state index in [2.05, 4.69) is 4.98 Å². The SMILES string of the molecule is NC[C@]1(F)CCN(C(=O)c2[nH]c3ccc(F)c(Cl)c3c2Cl)C1. The fraction of sp³-hybridized carbons (Fsp3) is 0.357. The van der Waals surface area contributed by atoms with Crippen molar-refractivity contribution in [1.29, 1.82) is 0 Å². The van der Waals surface area contributed by atoms with Gasteiger partial charge in [0.2, 0.25) is 0 Å². The van der Waals surface area contributed by atoms with E-state index < -0.39 is 17.4 Å². The van der Waals surface area contributed by atoms with Gasteiger partial charge in [0, 0.05) is 30.4 Å². The van der Waals surface area contributed by atoms with Crippen molar-refractivity contribution < 1.29 is 13.6 Å². The molecule has 0 aliphatic carbocycles. The van der Waals surface area contributed by atoms with E-state index in [0.717, 1.165) is 0 Å². The van der Waals surface area contributed by atoms with Crippen molar-refractivity contribution in [2.75, 3.05) is 19.6 Å². The number of amides is 1.